The Bertz CT molecular complexity index is 617. The van der Waals surface area contributed by atoms with Crippen molar-refractivity contribution in [1.29, 1.82) is 5.41 Å². The average Bonchev–Trinajstić information content (AvgIpc) is 2.30. The molecule has 1 aromatic carbocycles. The number of hydrogen-bond acceptors (Lipinski definition) is 5. The lowest BCUT2D eigenvalue weighted by atomic mass is 10.2. The number of amides is 1. The lowest BCUT2D eigenvalue weighted by Crippen LogP contribution is -2.35. The van der Waals surface area contributed by atoms with E-state index in [9.17, 15) is 17.6 Å². The van der Waals surface area contributed by atoms with Gasteiger partial charge in [-0.2, -0.15) is 8.42 Å². The molecule has 0 fully saturated rings. The topological polar surface area (TPSA) is 134 Å². The summed E-state index contributed by atoms with van der Waals surface area (Å²) in [6.45, 7) is 0. The van der Waals surface area contributed by atoms with Crippen LogP contribution in [0.25, 0.3) is 0 Å². The van der Waals surface area contributed by atoms with Gasteiger partial charge in [-0.15, -0.1) is 0 Å². The number of methoxy groups -OCH3 is 1. The van der Waals surface area contributed by atoms with E-state index < -0.39 is 28.0 Å². The highest BCUT2D eigenvalue weighted by molar-refractivity contribution is 7.91. The van der Waals surface area contributed by atoms with Crippen LogP contribution in [0.5, 0.6) is 0 Å². The first kappa shape index (κ1) is 14.7. The van der Waals surface area contributed by atoms with Gasteiger partial charge in [0.05, 0.1) is 18.4 Å². The molecule has 0 saturated carbocycles. The van der Waals surface area contributed by atoms with Crippen molar-refractivity contribution in [2.45, 2.75) is 0 Å². The summed E-state index contributed by atoms with van der Waals surface area (Å²) < 4.78 is 43.7. The minimum absolute atomic E-state index is 0.0667. The molecule has 8 nitrogen and oxygen atoms in total. The van der Waals surface area contributed by atoms with Crippen LogP contribution >= 0.6 is 0 Å². The van der Waals surface area contributed by atoms with Gasteiger partial charge in [-0.25, -0.2) is 13.9 Å². The normalized spacial score (nSPS) is 10.6. The van der Waals surface area contributed by atoms with Crippen molar-refractivity contribution in [1.82, 2.24) is 4.72 Å². The van der Waals surface area contributed by atoms with Crippen LogP contribution in [0.3, 0.4) is 0 Å². The van der Waals surface area contributed by atoms with Gasteiger partial charge in [-0.05, 0) is 18.2 Å². The molecule has 0 aromatic heterocycles. The first-order valence-corrected chi connectivity index (χ1v) is 6.26. The molecule has 0 bridgehead atoms. The number of hydrogen-bond donors (Lipinski definition) is 4. The van der Waals surface area contributed by atoms with Crippen LogP contribution in [0.15, 0.2) is 18.2 Å². The van der Waals surface area contributed by atoms with E-state index in [0.29, 0.717) is 0 Å². The van der Waals surface area contributed by atoms with Gasteiger partial charge in [-0.1, -0.05) is 0 Å². The van der Waals surface area contributed by atoms with Crippen LogP contribution in [-0.2, 0) is 14.9 Å². The molecule has 0 radical (unpaired) electrons. The van der Waals surface area contributed by atoms with Crippen molar-refractivity contribution in [3.05, 3.63) is 29.6 Å². The lowest BCUT2D eigenvalue weighted by Gasteiger charge is -2.09. The number of ether oxygens (including phenoxy) is 1. The predicted molar refractivity (Wildman–Crippen MR) is 65.5 cm³/mol. The second kappa shape index (κ2) is 5.52. The van der Waals surface area contributed by atoms with E-state index in [1.807, 2.05) is 4.72 Å². The number of amidine groups is 1. The number of anilines is 1. The molecule has 5 N–H and O–H groups in total. The van der Waals surface area contributed by atoms with Crippen LogP contribution in [0.2, 0.25) is 0 Å². The largest absolute Gasteiger partial charge is 0.452 e. The van der Waals surface area contributed by atoms with Gasteiger partial charge in [0.2, 0.25) is 0 Å². The maximum absolute atomic E-state index is 13.2. The van der Waals surface area contributed by atoms with E-state index in [4.69, 9.17) is 11.1 Å². The minimum atomic E-state index is -4.21. The van der Waals surface area contributed by atoms with Crippen molar-refractivity contribution >= 4 is 27.8 Å². The molecule has 0 saturated heterocycles. The molecular formula is C9H11FN4O4S. The Kier molecular flexibility index (Phi) is 4.27. The van der Waals surface area contributed by atoms with Gasteiger partial charge < -0.3 is 10.5 Å². The fraction of sp³-hybridized carbons (Fsp3) is 0.111. The summed E-state index contributed by atoms with van der Waals surface area (Å²) in [6, 6.07) is 3.07. The average molecular weight is 290 g/mol. The zero-order valence-corrected chi connectivity index (χ0v) is 10.5. The van der Waals surface area contributed by atoms with Crippen molar-refractivity contribution < 1.29 is 22.3 Å². The molecule has 0 aliphatic carbocycles. The fourth-order valence-corrected chi connectivity index (χ4v) is 1.92. The first-order valence-electron chi connectivity index (χ1n) is 4.77. The van der Waals surface area contributed by atoms with Crippen molar-refractivity contribution in [2.75, 3.05) is 11.8 Å². The lowest BCUT2D eigenvalue weighted by molar-refractivity contribution is 0.177. The molecule has 0 aliphatic heterocycles. The van der Waals surface area contributed by atoms with Gasteiger partial charge in [-0.3, -0.25) is 10.1 Å². The monoisotopic (exact) mass is 290 g/mol. The van der Waals surface area contributed by atoms with E-state index in [2.05, 4.69) is 4.74 Å². The van der Waals surface area contributed by atoms with Crippen LogP contribution in [-0.4, -0.2) is 27.5 Å². The highest BCUT2D eigenvalue weighted by Crippen LogP contribution is 2.15. The summed E-state index contributed by atoms with van der Waals surface area (Å²) in [5.74, 6) is -1.32. The predicted octanol–water partition coefficient (Wildman–Crippen LogP) is 0.122. The number of nitrogen functional groups attached to an aromatic ring is 1. The Morgan fingerprint density at radius 2 is 2.11 bits per heavy atom. The number of carbonyl (C=O) groups is 1. The molecular weight excluding hydrogens is 279 g/mol. The summed E-state index contributed by atoms with van der Waals surface area (Å²) in [5, 5.41) is 7.12. The van der Waals surface area contributed by atoms with Crippen molar-refractivity contribution in [3.63, 3.8) is 0 Å². The third-order valence-corrected chi connectivity index (χ3v) is 2.85. The van der Waals surface area contributed by atoms with Crippen LogP contribution in [0.1, 0.15) is 5.56 Å². The highest BCUT2D eigenvalue weighted by Gasteiger charge is 2.15. The van der Waals surface area contributed by atoms with Crippen LogP contribution in [0.4, 0.5) is 14.9 Å². The standard InChI is InChI=1S/C9H11FN4O4S/c1-18-9(15)14-19(16,17)13-5-2-3-7(10)6(4-5)8(11)12/h2-4,13H,1H3,(H3,11,12)(H,14,15). The second-order valence-electron chi connectivity index (χ2n) is 3.31. The van der Waals surface area contributed by atoms with Gasteiger partial charge in [0, 0.05) is 0 Å². The number of carbonyl (C=O) groups excluding carboxylic acids is 1. The Morgan fingerprint density at radius 1 is 1.47 bits per heavy atom. The van der Waals surface area contributed by atoms with E-state index in [1.165, 1.54) is 4.72 Å². The zero-order chi connectivity index (χ0) is 14.6. The molecule has 0 unspecified atom stereocenters. The van der Waals surface area contributed by atoms with E-state index in [-0.39, 0.29) is 11.3 Å². The Morgan fingerprint density at radius 3 is 2.63 bits per heavy atom. The van der Waals surface area contributed by atoms with Gasteiger partial charge >= 0.3 is 16.3 Å². The number of nitrogens with one attached hydrogen (secondary N) is 3. The molecule has 0 spiro atoms. The molecule has 0 aliphatic rings. The summed E-state index contributed by atoms with van der Waals surface area (Å²) in [4.78, 5) is 10.8. The quantitative estimate of drug-likeness (QED) is 0.461. The van der Waals surface area contributed by atoms with Crippen molar-refractivity contribution in [2.24, 2.45) is 5.73 Å². The fourth-order valence-electron chi connectivity index (χ4n) is 1.13. The third kappa shape index (κ3) is 4.10. The Labute approximate surface area is 108 Å². The summed E-state index contributed by atoms with van der Waals surface area (Å²) in [5.41, 5.74) is 4.79. The molecule has 0 atom stereocenters. The van der Waals surface area contributed by atoms with Crippen LogP contribution in [0, 0.1) is 11.2 Å². The number of halogens is 1. The Balaban J connectivity index is 2.97. The minimum Gasteiger partial charge on any atom is -0.452 e. The summed E-state index contributed by atoms with van der Waals surface area (Å²) >= 11 is 0. The molecule has 0 heterocycles. The Hall–Kier alpha value is -2.36. The maximum Gasteiger partial charge on any atom is 0.422 e. The molecule has 10 heteroatoms. The first-order chi connectivity index (χ1) is 8.75. The molecule has 1 amide bonds. The summed E-state index contributed by atoms with van der Waals surface area (Å²) in [7, 11) is -3.21. The smallest absolute Gasteiger partial charge is 0.422 e. The van der Waals surface area contributed by atoms with Gasteiger partial charge in [0.1, 0.15) is 11.7 Å². The summed E-state index contributed by atoms with van der Waals surface area (Å²) in [6.07, 6.45) is -1.18. The zero-order valence-electron chi connectivity index (χ0n) is 9.73. The third-order valence-electron chi connectivity index (χ3n) is 1.91. The van der Waals surface area contributed by atoms with Gasteiger partial charge in [0.15, 0.2) is 0 Å². The molecule has 1 aromatic rings. The SMILES string of the molecule is COC(=O)NS(=O)(=O)Nc1ccc(F)c(C(=N)N)c1. The molecule has 1 rings (SSSR count). The van der Waals surface area contributed by atoms with Crippen molar-refractivity contribution in [3.8, 4) is 0 Å². The maximum atomic E-state index is 13.2. The second-order valence-corrected chi connectivity index (χ2v) is 4.72. The van der Waals surface area contributed by atoms with E-state index >= 15 is 0 Å². The van der Waals surface area contributed by atoms with Gasteiger partial charge in [0.25, 0.3) is 0 Å². The number of rotatable bonds is 4. The van der Waals surface area contributed by atoms with E-state index in [1.54, 1.807) is 0 Å². The number of benzene rings is 1. The van der Waals surface area contributed by atoms with Crippen LogP contribution < -0.4 is 15.2 Å². The molecule has 104 valence electrons. The number of nitrogens with two attached hydrogens (primary N) is 1. The van der Waals surface area contributed by atoms with E-state index in [0.717, 1.165) is 25.3 Å². The molecule has 19 heavy (non-hydrogen) atoms. The highest BCUT2D eigenvalue weighted by atomic mass is 32.2.